The van der Waals surface area contributed by atoms with Crippen LogP contribution in [0.15, 0.2) is 30.3 Å². The van der Waals surface area contributed by atoms with E-state index >= 15 is 0 Å². The molecule has 0 saturated heterocycles. The molecule has 1 aromatic carbocycles. The first kappa shape index (κ1) is 12.5. The van der Waals surface area contributed by atoms with E-state index in [1.807, 2.05) is 11.3 Å². The molecule has 1 atom stereocenters. The summed E-state index contributed by atoms with van der Waals surface area (Å²) in [7, 11) is 0. The van der Waals surface area contributed by atoms with Crippen molar-refractivity contribution < 1.29 is 0 Å². The van der Waals surface area contributed by atoms with Gasteiger partial charge in [-0.3, -0.25) is 0 Å². The van der Waals surface area contributed by atoms with Gasteiger partial charge in [0.05, 0.1) is 5.69 Å². The Balaban J connectivity index is 1.59. The van der Waals surface area contributed by atoms with E-state index in [9.17, 15) is 0 Å². The fourth-order valence-corrected chi connectivity index (χ4v) is 4.20. The molecule has 1 unspecified atom stereocenters. The standard InChI is InChI=1S/C17H20N2S/c1-2-5-12(6-3-1)17-19-16-13(11-18-14-9-10-14)7-4-8-15(16)20-17/h1-3,5-6,13-14,18H,4,7-11H2. The highest BCUT2D eigenvalue weighted by Gasteiger charge is 2.27. The second-order valence-corrected chi connectivity index (χ2v) is 7.05. The second kappa shape index (κ2) is 5.30. The Hall–Kier alpha value is -1.19. The Morgan fingerprint density at radius 3 is 2.80 bits per heavy atom. The van der Waals surface area contributed by atoms with Gasteiger partial charge in [-0.25, -0.2) is 4.98 Å². The first-order chi connectivity index (χ1) is 9.90. The van der Waals surface area contributed by atoms with E-state index in [2.05, 4.69) is 35.6 Å². The van der Waals surface area contributed by atoms with Gasteiger partial charge in [0.2, 0.25) is 0 Å². The van der Waals surface area contributed by atoms with Gasteiger partial charge in [0, 0.05) is 28.9 Å². The van der Waals surface area contributed by atoms with Crippen LogP contribution < -0.4 is 5.32 Å². The largest absolute Gasteiger partial charge is 0.313 e. The molecule has 1 heterocycles. The number of thiazole rings is 1. The molecular formula is C17H20N2S. The fourth-order valence-electron chi connectivity index (χ4n) is 3.01. The SMILES string of the molecule is c1ccc(-c2nc3c(s2)CCCC3CNC2CC2)cc1. The number of nitrogens with one attached hydrogen (secondary N) is 1. The summed E-state index contributed by atoms with van der Waals surface area (Å²) in [4.78, 5) is 6.50. The molecule has 2 aromatic rings. The molecule has 1 aromatic heterocycles. The first-order valence-corrected chi connectivity index (χ1v) is 8.50. The maximum atomic E-state index is 4.98. The van der Waals surface area contributed by atoms with Gasteiger partial charge in [-0.05, 0) is 32.1 Å². The van der Waals surface area contributed by atoms with E-state index < -0.39 is 0 Å². The highest BCUT2D eigenvalue weighted by atomic mass is 32.1. The third-order valence-corrected chi connectivity index (χ3v) is 5.50. The molecule has 0 amide bonds. The van der Waals surface area contributed by atoms with Crippen LogP contribution >= 0.6 is 11.3 Å². The summed E-state index contributed by atoms with van der Waals surface area (Å²) in [5, 5.41) is 4.88. The lowest BCUT2D eigenvalue weighted by atomic mass is 9.91. The Kier molecular flexibility index (Phi) is 3.32. The van der Waals surface area contributed by atoms with Crippen LogP contribution in [-0.4, -0.2) is 17.6 Å². The van der Waals surface area contributed by atoms with Gasteiger partial charge in [0.15, 0.2) is 0 Å². The summed E-state index contributed by atoms with van der Waals surface area (Å²) in [5.74, 6) is 0.632. The van der Waals surface area contributed by atoms with Crippen LogP contribution in [0.1, 0.15) is 42.2 Å². The number of aromatic nitrogens is 1. The van der Waals surface area contributed by atoms with Crippen molar-refractivity contribution in [1.82, 2.24) is 10.3 Å². The molecule has 0 aliphatic heterocycles. The molecule has 2 aliphatic rings. The van der Waals surface area contributed by atoms with Crippen molar-refractivity contribution in [1.29, 1.82) is 0 Å². The van der Waals surface area contributed by atoms with Crippen molar-refractivity contribution in [3.63, 3.8) is 0 Å². The zero-order valence-electron chi connectivity index (χ0n) is 11.6. The van der Waals surface area contributed by atoms with E-state index in [0.29, 0.717) is 5.92 Å². The molecular weight excluding hydrogens is 264 g/mol. The number of rotatable bonds is 4. The van der Waals surface area contributed by atoms with Gasteiger partial charge < -0.3 is 5.32 Å². The maximum absolute atomic E-state index is 4.98. The van der Waals surface area contributed by atoms with Crippen molar-refractivity contribution >= 4 is 11.3 Å². The van der Waals surface area contributed by atoms with E-state index in [1.165, 1.54) is 53.2 Å². The molecule has 104 valence electrons. The molecule has 0 spiro atoms. The summed E-state index contributed by atoms with van der Waals surface area (Å²) in [6, 6.07) is 11.4. The zero-order valence-corrected chi connectivity index (χ0v) is 12.5. The van der Waals surface area contributed by atoms with Crippen LogP contribution in [0, 0.1) is 0 Å². The lowest BCUT2D eigenvalue weighted by Gasteiger charge is -2.21. The molecule has 2 aliphatic carbocycles. The average molecular weight is 284 g/mol. The lowest BCUT2D eigenvalue weighted by Crippen LogP contribution is -2.25. The van der Waals surface area contributed by atoms with Crippen molar-refractivity contribution in [3.05, 3.63) is 40.9 Å². The van der Waals surface area contributed by atoms with Crippen molar-refractivity contribution in [2.75, 3.05) is 6.54 Å². The van der Waals surface area contributed by atoms with E-state index in [0.717, 1.165) is 12.6 Å². The zero-order chi connectivity index (χ0) is 13.4. The Morgan fingerprint density at radius 1 is 1.15 bits per heavy atom. The van der Waals surface area contributed by atoms with Crippen LogP contribution in [-0.2, 0) is 6.42 Å². The quantitative estimate of drug-likeness (QED) is 0.918. The number of fused-ring (bicyclic) bond motifs is 1. The minimum atomic E-state index is 0.632. The maximum Gasteiger partial charge on any atom is 0.123 e. The highest BCUT2D eigenvalue weighted by molar-refractivity contribution is 7.15. The molecule has 0 radical (unpaired) electrons. The van der Waals surface area contributed by atoms with Gasteiger partial charge >= 0.3 is 0 Å². The molecule has 1 fully saturated rings. The number of benzene rings is 1. The van der Waals surface area contributed by atoms with E-state index in [1.54, 1.807) is 0 Å². The Labute approximate surface area is 124 Å². The van der Waals surface area contributed by atoms with Crippen LogP contribution in [0.5, 0.6) is 0 Å². The fraction of sp³-hybridized carbons (Fsp3) is 0.471. The van der Waals surface area contributed by atoms with Crippen molar-refractivity contribution in [3.8, 4) is 10.6 Å². The van der Waals surface area contributed by atoms with E-state index in [-0.39, 0.29) is 0 Å². The summed E-state index contributed by atoms with van der Waals surface area (Å²) < 4.78 is 0. The molecule has 20 heavy (non-hydrogen) atoms. The number of hydrogen-bond donors (Lipinski definition) is 1. The minimum absolute atomic E-state index is 0.632. The first-order valence-electron chi connectivity index (χ1n) is 7.68. The lowest BCUT2D eigenvalue weighted by molar-refractivity contribution is 0.500. The van der Waals surface area contributed by atoms with Crippen molar-refractivity contribution in [2.24, 2.45) is 0 Å². The predicted octanol–water partition coefficient (Wildman–Crippen LogP) is 3.98. The number of hydrogen-bond acceptors (Lipinski definition) is 3. The summed E-state index contributed by atoms with van der Waals surface area (Å²) in [6.45, 7) is 1.12. The number of aryl methyl sites for hydroxylation is 1. The molecule has 0 bridgehead atoms. The topological polar surface area (TPSA) is 24.9 Å². The Morgan fingerprint density at radius 2 is 2.00 bits per heavy atom. The molecule has 3 heteroatoms. The monoisotopic (exact) mass is 284 g/mol. The number of nitrogens with zero attached hydrogens (tertiary/aromatic N) is 1. The Bertz CT molecular complexity index is 586. The smallest absolute Gasteiger partial charge is 0.123 e. The highest BCUT2D eigenvalue weighted by Crippen LogP contribution is 2.38. The average Bonchev–Trinajstić information content (AvgIpc) is 3.22. The van der Waals surface area contributed by atoms with Crippen LogP contribution in [0.3, 0.4) is 0 Å². The molecule has 2 nitrogen and oxygen atoms in total. The van der Waals surface area contributed by atoms with Crippen LogP contribution in [0.2, 0.25) is 0 Å². The second-order valence-electron chi connectivity index (χ2n) is 5.97. The van der Waals surface area contributed by atoms with Gasteiger partial charge in [-0.1, -0.05) is 30.3 Å². The third kappa shape index (κ3) is 2.52. The summed E-state index contributed by atoms with van der Waals surface area (Å²) in [6.07, 6.45) is 6.57. The van der Waals surface area contributed by atoms with Gasteiger partial charge in [-0.15, -0.1) is 11.3 Å². The molecule has 1 saturated carbocycles. The van der Waals surface area contributed by atoms with Crippen molar-refractivity contribution in [2.45, 2.75) is 44.1 Å². The van der Waals surface area contributed by atoms with Crippen LogP contribution in [0.4, 0.5) is 0 Å². The minimum Gasteiger partial charge on any atom is -0.313 e. The van der Waals surface area contributed by atoms with Gasteiger partial charge in [-0.2, -0.15) is 0 Å². The normalized spacial score (nSPS) is 21.7. The molecule has 4 rings (SSSR count). The predicted molar refractivity (Wildman–Crippen MR) is 84.3 cm³/mol. The van der Waals surface area contributed by atoms with Crippen LogP contribution in [0.25, 0.3) is 10.6 Å². The molecule has 1 N–H and O–H groups in total. The summed E-state index contributed by atoms with van der Waals surface area (Å²) >= 11 is 1.90. The summed E-state index contributed by atoms with van der Waals surface area (Å²) in [5.41, 5.74) is 2.65. The third-order valence-electron chi connectivity index (χ3n) is 4.32. The van der Waals surface area contributed by atoms with Gasteiger partial charge in [0.25, 0.3) is 0 Å². The van der Waals surface area contributed by atoms with E-state index in [4.69, 9.17) is 4.98 Å². The van der Waals surface area contributed by atoms with Gasteiger partial charge in [0.1, 0.15) is 5.01 Å².